The Bertz CT molecular complexity index is 1980. The van der Waals surface area contributed by atoms with E-state index in [0.29, 0.717) is 54.9 Å². The number of H-pyrrole nitrogens is 1. The zero-order valence-electron chi connectivity index (χ0n) is 26.7. The van der Waals surface area contributed by atoms with E-state index >= 15 is 4.39 Å². The van der Waals surface area contributed by atoms with Gasteiger partial charge in [-0.25, -0.2) is 9.37 Å². The number of halogens is 4. The van der Waals surface area contributed by atoms with Crippen LogP contribution in [0.3, 0.4) is 0 Å². The lowest BCUT2D eigenvalue weighted by Gasteiger charge is -2.33. The van der Waals surface area contributed by atoms with E-state index in [9.17, 15) is 18.0 Å². The molecule has 0 aliphatic carbocycles. The van der Waals surface area contributed by atoms with Crippen molar-refractivity contribution in [2.75, 3.05) is 45.1 Å². The summed E-state index contributed by atoms with van der Waals surface area (Å²) in [5.74, 6) is -0.752. The minimum atomic E-state index is -4.52. The van der Waals surface area contributed by atoms with Crippen LogP contribution in [0.15, 0.2) is 61.1 Å². The first-order valence-corrected chi connectivity index (χ1v) is 15.9. The molecule has 3 aromatic heterocycles. The number of pyridine rings is 1. The molecule has 7 rings (SSSR count). The average molecular weight is 661 g/mol. The molecule has 1 amide bonds. The highest BCUT2D eigenvalue weighted by Gasteiger charge is 2.34. The number of nitrogens with one attached hydrogen (secondary N) is 2. The third-order valence-corrected chi connectivity index (χ3v) is 9.29. The highest BCUT2D eigenvalue weighted by molar-refractivity contribution is 5.95. The molecule has 0 spiro atoms. The lowest BCUT2D eigenvalue weighted by atomic mass is 9.97. The molecule has 13 heteroatoms. The second kappa shape index (κ2) is 12.7. The van der Waals surface area contributed by atoms with Crippen LogP contribution >= 0.6 is 0 Å². The van der Waals surface area contributed by atoms with E-state index < -0.39 is 17.6 Å². The standard InChI is InChI=1S/C35H36F4N8O/c1-44-9-11-46(12-10-44)20-24-4-3-22(13-29(24)35(37,38)39)14-32(48)47-8-7-23-5-6-27(15-25(23)21-47)42-33-28-16-31(26-17-41-45(2)19-26)43-34(28)40-18-30(33)36/h3-6,13,15-19H,7-12,14,20-21H2,1-2H3,(H2,40,42,43). The third-order valence-electron chi connectivity index (χ3n) is 9.29. The molecular weight excluding hydrogens is 624 g/mol. The zero-order valence-corrected chi connectivity index (χ0v) is 26.7. The first kappa shape index (κ1) is 31.8. The van der Waals surface area contributed by atoms with E-state index in [2.05, 4.69) is 25.3 Å². The number of amides is 1. The Morgan fingerprint density at radius 2 is 1.79 bits per heavy atom. The molecular formula is C35H36F4N8O. The Kier molecular flexibility index (Phi) is 8.42. The Labute approximate surface area is 275 Å². The number of hydrogen-bond acceptors (Lipinski definition) is 6. The summed E-state index contributed by atoms with van der Waals surface area (Å²) in [5, 5.41) is 7.99. The SMILES string of the molecule is CN1CCN(Cc2ccc(CC(=O)N3CCc4ccc(Nc5c(F)cnc6[nH]c(-c7cnn(C)c7)cc56)cc4C3)cc2C(F)(F)F)CC1. The summed E-state index contributed by atoms with van der Waals surface area (Å²) in [4.78, 5) is 26.7. The minimum Gasteiger partial charge on any atom is -0.352 e. The van der Waals surface area contributed by atoms with Gasteiger partial charge in [-0.15, -0.1) is 0 Å². The number of alkyl halides is 3. The molecule has 48 heavy (non-hydrogen) atoms. The van der Waals surface area contributed by atoms with Crippen molar-refractivity contribution in [1.82, 2.24) is 34.4 Å². The molecule has 250 valence electrons. The minimum absolute atomic E-state index is 0.127. The van der Waals surface area contributed by atoms with Crippen molar-refractivity contribution < 1.29 is 22.4 Å². The first-order chi connectivity index (χ1) is 23.0. The molecule has 1 fully saturated rings. The number of likely N-dealkylation sites (N-methyl/N-ethyl adjacent to an activating group) is 1. The normalized spacial score (nSPS) is 16.0. The summed E-state index contributed by atoms with van der Waals surface area (Å²) in [6.45, 7) is 4.05. The maximum absolute atomic E-state index is 15.1. The van der Waals surface area contributed by atoms with E-state index in [1.165, 1.54) is 6.07 Å². The largest absolute Gasteiger partial charge is 0.416 e. The number of aromatic nitrogens is 4. The third kappa shape index (κ3) is 6.65. The molecule has 9 nitrogen and oxygen atoms in total. The molecule has 0 unspecified atom stereocenters. The van der Waals surface area contributed by atoms with Crippen LogP contribution in [-0.2, 0) is 43.9 Å². The average Bonchev–Trinajstić information content (AvgIpc) is 3.70. The summed E-state index contributed by atoms with van der Waals surface area (Å²) in [5.41, 5.74) is 4.88. The molecule has 2 aliphatic rings. The van der Waals surface area contributed by atoms with Gasteiger partial charge in [-0.1, -0.05) is 18.2 Å². The van der Waals surface area contributed by atoms with Gasteiger partial charge >= 0.3 is 6.18 Å². The fourth-order valence-electron chi connectivity index (χ4n) is 6.55. The van der Waals surface area contributed by atoms with Crippen molar-refractivity contribution in [3.05, 3.63) is 94.7 Å². The van der Waals surface area contributed by atoms with Crippen molar-refractivity contribution in [1.29, 1.82) is 0 Å². The molecule has 2 aliphatic heterocycles. The maximum Gasteiger partial charge on any atom is 0.416 e. The number of anilines is 2. The number of nitrogens with zero attached hydrogens (tertiary/aromatic N) is 6. The van der Waals surface area contributed by atoms with Crippen LogP contribution in [0.1, 0.15) is 27.8 Å². The lowest BCUT2D eigenvalue weighted by Crippen LogP contribution is -2.44. The Balaban J connectivity index is 1.06. The number of benzene rings is 2. The predicted molar refractivity (Wildman–Crippen MR) is 175 cm³/mol. The quantitative estimate of drug-likeness (QED) is 0.217. The molecule has 5 aromatic rings. The first-order valence-electron chi connectivity index (χ1n) is 15.9. The number of carbonyl (C=O) groups is 1. The summed E-state index contributed by atoms with van der Waals surface area (Å²) < 4.78 is 59.2. The van der Waals surface area contributed by atoms with Crippen LogP contribution in [0.2, 0.25) is 0 Å². The molecule has 0 radical (unpaired) electrons. The fraction of sp³-hybridized carbons (Fsp3) is 0.343. The zero-order chi connectivity index (χ0) is 33.6. The molecule has 2 N–H and O–H groups in total. The van der Waals surface area contributed by atoms with Crippen molar-refractivity contribution in [3.8, 4) is 11.3 Å². The monoisotopic (exact) mass is 660 g/mol. The molecule has 5 heterocycles. The van der Waals surface area contributed by atoms with Gasteiger partial charge < -0.3 is 20.1 Å². The van der Waals surface area contributed by atoms with Gasteiger partial charge in [0.25, 0.3) is 0 Å². The summed E-state index contributed by atoms with van der Waals surface area (Å²) in [6.07, 6.45) is 0.692. The number of fused-ring (bicyclic) bond motifs is 2. The van der Waals surface area contributed by atoms with Crippen LogP contribution < -0.4 is 5.32 Å². The topological polar surface area (TPSA) is 85.3 Å². The van der Waals surface area contributed by atoms with E-state index in [4.69, 9.17) is 0 Å². The second-order valence-corrected chi connectivity index (χ2v) is 12.7. The van der Waals surface area contributed by atoms with Crippen molar-refractivity contribution in [3.63, 3.8) is 0 Å². The molecule has 0 bridgehead atoms. The smallest absolute Gasteiger partial charge is 0.352 e. The maximum atomic E-state index is 15.1. The van der Waals surface area contributed by atoms with Gasteiger partial charge in [0, 0.05) is 75.7 Å². The summed E-state index contributed by atoms with van der Waals surface area (Å²) in [7, 11) is 3.82. The van der Waals surface area contributed by atoms with Crippen molar-refractivity contribution in [2.45, 2.75) is 32.1 Å². The fourth-order valence-corrected chi connectivity index (χ4v) is 6.55. The van der Waals surface area contributed by atoms with Gasteiger partial charge in [0.05, 0.1) is 35.8 Å². The van der Waals surface area contributed by atoms with Crippen molar-refractivity contribution >= 4 is 28.3 Å². The summed E-state index contributed by atoms with van der Waals surface area (Å²) in [6, 6.07) is 11.8. The second-order valence-electron chi connectivity index (χ2n) is 12.7. The van der Waals surface area contributed by atoms with Crippen molar-refractivity contribution in [2.24, 2.45) is 7.05 Å². The number of piperazine rings is 1. The number of aromatic amines is 1. The molecule has 0 atom stereocenters. The van der Waals surface area contributed by atoms with E-state index in [1.54, 1.807) is 21.8 Å². The van der Waals surface area contributed by atoms with Gasteiger partial charge in [-0.2, -0.15) is 18.3 Å². The number of rotatable bonds is 7. The van der Waals surface area contributed by atoms with Crippen LogP contribution in [0.4, 0.5) is 28.9 Å². The Morgan fingerprint density at radius 3 is 2.54 bits per heavy atom. The Morgan fingerprint density at radius 1 is 0.979 bits per heavy atom. The predicted octanol–water partition coefficient (Wildman–Crippen LogP) is 5.74. The van der Waals surface area contributed by atoms with E-state index in [-0.39, 0.29) is 30.1 Å². The van der Waals surface area contributed by atoms with E-state index in [1.807, 2.05) is 49.5 Å². The number of carbonyl (C=O) groups excluding carboxylic acids is 1. The highest BCUT2D eigenvalue weighted by Crippen LogP contribution is 2.35. The van der Waals surface area contributed by atoms with Crippen LogP contribution in [0.5, 0.6) is 0 Å². The van der Waals surface area contributed by atoms with Gasteiger partial charge in [-0.3, -0.25) is 14.4 Å². The summed E-state index contributed by atoms with van der Waals surface area (Å²) >= 11 is 0. The van der Waals surface area contributed by atoms with Crippen LogP contribution in [0, 0.1) is 5.82 Å². The molecule has 2 aromatic carbocycles. The van der Waals surface area contributed by atoms with Gasteiger partial charge in [0.1, 0.15) is 5.65 Å². The Hall–Kier alpha value is -4.75. The van der Waals surface area contributed by atoms with E-state index in [0.717, 1.165) is 47.7 Å². The van der Waals surface area contributed by atoms with Crippen LogP contribution in [-0.4, -0.2) is 80.1 Å². The van der Waals surface area contributed by atoms with Gasteiger partial charge in [0.15, 0.2) is 5.82 Å². The molecule has 0 saturated carbocycles. The highest BCUT2D eigenvalue weighted by atomic mass is 19.4. The van der Waals surface area contributed by atoms with Gasteiger partial charge in [-0.05, 0) is 60.0 Å². The molecule has 1 saturated heterocycles. The lowest BCUT2D eigenvalue weighted by molar-refractivity contribution is -0.138. The number of hydrogen-bond donors (Lipinski definition) is 2. The number of aryl methyl sites for hydroxylation is 1. The van der Waals surface area contributed by atoms with Gasteiger partial charge in [0.2, 0.25) is 5.91 Å². The van der Waals surface area contributed by atoms with Crippen LogP contribution in [0.25, 0.3) is 22.3 Å².